The molecule has 0 amide bonds. The predicted octanol–water partition coefficient (Wildman–Crippen LogP) is 2.33. The van der Waals surface area contributed by atoms with E-state index < -0.39 is 0 Å². The van der Waals surface area contributed by atoms with Gasteiger partial charge in [0.1, 0.15) is 0 Å². The van der Waals surface area contributed by atoms with E-state index in [0.717, 1.165) is 11.1 Å². The van der Waals surface area contributed by atoms with Gasteiger partial charge >= 0.3 is 0 Å². The summed E-state index contributed by atoms with van der Waals surface area (Å²) in [7, 11) is 1.73. The van der Waals surface area contributed by atoms with Crippen LogP contribution in [0, 0.1) is 5.41 Å². The van der Waals surface area contributed by atoms with Crippen molar-refractivity contribution in [2.45, 2.75) is 13.8 Å². The second-order valence-electron chi connectivity index (χ2n) is 3.17. The largest absolute Gasteiger partial charge is 0.385 e. The van der Waals surface area contributed by atoms with Crippen LogP contribution >= 0.6 is 0 Å². The summed E-state index contributed by atoms with van der Waals surface area (Å²) < 4.78 is 0. The van der Waals surface area contributed by atoms with Crippen LogP contribution in [0.2, 0.25) is 0 Å². The molecule has 0 atom stereocenters. The molecule has 82 valence electrons. The maximum Gasteiger partial charge on any atom is 0.0493 e. The van der Waals surface area contributed by atoms with E-state index in [2.05, 4.69) is 16.9 Å². The molecule has 0 fully saturated rings. The fraction of sp³-hybridized carbons (Fsp3) is 0.333. The highest BCUT2D eigenvalue weighted by atomic mass is 14.8. The average Bonchev–Trinajstić information content (AvgIpc) is 2.21. The van der Waals surface area contributed by atoms with E-state index in [0.29, 0.717) is 12.3 Å². The van der Waals surface area contributed by atoms with Gasteiger partial charge in [-0.15, -0.1) is 0 Å². The van der Waals surface area contributed by atoms with Crippen molar-refractivity contribution in [1.29, 1.82) is 5.41 Å². The van der Waals surface area contributed by atoms with Crippen molar-refractivity contribution in [1.82, 2.24) is 5.32 Å². The van der Waals surface area contributed by atoms with E-state index in [1.165, 1.54) is 0 Å². The summed E-state index contributed by atoms with van der Waals surface area (Å²) in [5.74, 6) is 0. The molecule has 2 N–H and O–H groups in total. The number of nitrogens with zero attached hydrogens (tertiary/aromatic N) is 1. The van der Waals surface area contributed by atoms with E-state index in [1.54, 1.807) is 26.3 Å². The highest BCUT2D eigenvalue weighted by Crippen LogP contribution is 2.03. The van der Waals surface area contributed by atoms with Crippen molar-refractivity contribution in [2.75, 3.05) is 13.6 Å². The molecule has 0 spiro atoms. The van der Waals surface area contributed by atoms with Gasteiger partial charge in [-0.3, -0.25) is 4.99 Å². The van der Waals surface area contributed by atoms with Gasteiger partial charge in [0.15, 0.2) is 0 Å². The minimum Gasteiger partial charge on any atom is -0.385 e. The number of nitrogens with one attached hydrogen (secondary N) is 2. The minimum atomic E-state index is 0.525. The van der Waals surface area contributed by atoms with Gasteiger partial charge in [-0.05, 0) is 19.9 Å². The summed E-state index contributed by atoms with van der Waals surface area (Å²) >= 11 is 0. The fourth-order valence-electron chi connectivity index (χ4n) is 0.875. The lowest BCUT2D eigenvalue weighted by molar-refractivity contribution is 1.02. The Labute approximate surface area is 91.8 Å². The van der Waals surface area contributed by atoms with Crippen LogP contribution < -0.4 is 5.32 Å². The molecule has 0 rings (SSSR count). The van der Waals surface area contributed by atoms with Gasteiger partial charge in [0.05, 0.1) is 0 Å². The molecule has 0 aromatic rings. The normalized spacial score (nSPS) is 13.0. The maximum absolute atomic E-state index is 7.58. The van der Waals surface area contributed by atoms with Crippen LogP contribution in [0.1, 0.15) is 13.8 Å². The van der Waals surface area contributed by atoms with Gasteiger partial charge in [0, 0.05) is 37.3 Å². The molecule has 3 heteroatoms. The Morgan fingerprint density at radius 1 is 1.47 bits per heavy atom. The second-order valence-corrected chi connectivity index (χ2v) is 3.17. The van der Waals surface area contributed by atoms with E-state index >= 15 is 0 Å². The third-order valence-electron chi connectivity index (χ3n) is 1.79. The molecule has 0 aromatic heterocycles. The lowest BCUT2D eigenvalue weighted by Gasteiger charge is -2.02. The Hall–Kier alpha value is -1.64. The smallest absolute Gasteiger partial charge is 0.0493 e. The number of rotatable bonds is 6. The molecule has 0 bridgehead atoms. The molecule has 15 heavy (non-hydrogen) atoms. The third kappa shape index (κ3) is 6.43. The molecule has 0 radical (unpaired) electrons. The molecule has 0 saturated carbocycles. The Morgan fingerprint density at radius 3 is 2.60 bits per heavy atom. The van der Waals surface area contributed by atoms with Gasteiger partial charge in [0.2, 0.25) is 0 Å². The number of hydrogen-bond donors (Lipinski definition) is 2. The first-order valence-electron chi connectivity index (χ1n) is 4.82. The molecule has 0 aliphatic carbocycles. The summed E-state index contributed by atoms with van der Waals surface area (Å²) in [5, 5.41) is 10.6. The molecule has 0 aliphatic heterocycles. The first kappa shape index (κ1) is 13.4. The number of aliphatic imine (C=N–C) groups is 1. The van der Waals surface area contributed by atoms with E-state index in [4.69, 9.17) is 5.41 Å². The molecule has 3 nitrogen and oxygen atoms in total. The van der Waals surface area contributed by atoms with Gasteiger partial charge < -0.3 is 10.7 Å². The molecule has 0 saturated heterocycles. The van der Waals surface area contributed by atoms with Crippen LogP contribution in [-0.4, -0.2) is 25.5 Å². The van der Waals surface area contributed by atoms with Crippen LogP contribution in [-0.2, 0) is 0 Å². The van der Waals surface area contributed by atoms with Crippen LogP contribution in [0.3, 0.4) is 0 Å². The van der Waals surface area contributed by atoms with Gasteiger partial charge in [-0.25, -0.2) is 0 Å². The lowest BCUT2D eigenvalue weighted by atomic mass is 10.1. The van der Waals surface area contributed by atoms with E-state index in [9.17, 15) is 0 Å². The molecular weight excluding hydrogens is 186 g/mol. The number of hydrogen-bond acceptors (Lipinski definition) is 3. The van der Waals surface area contributed by atoms with E-state index in [-0.39, 0.29) is 0 Å². The first-order valence-corrected chi connectivity index (χ1v) is 4.82. The highest BCUT2D eigenvalue weighted by molar-refractivity contribution is 5.98. The minimum absolute atomic E-state index is 0.525. The predicted molar refractivity (Wildman–Crippen MR) is 67.9 cm³/mol. The Morgan fingerprint density at radius 2 is 2.13 bits per heavy atom. The van der Waals surface area contributed by atoms with Crippen LogP contribution in [0.4, 0.5) is 0 Å². The molecule has 0 heterocycles. The van der Waals surface area contributed by atoms with Crippen LogP contribution in [0.25, 0.3) is 0 Å². The molecule has 0 aliphatic rings. The number of allylic oxidation sites excluding steroid dienone is 4. The van der Waals surface area contributed by atoms with Crippen molar-refractivity contribution in [3.63, 3.8) is 0 Å². The maximum atomic E-state index is 7.58. The second kappa shape index (κ2) is 7.74. The van der Waals surface area contributed by atoms with Gasteiger partial charge in [-0.1, -0.05) is 18.2 Å². The molecule has 0 unspecified atom stereocenters. The summed E-state index contributed by atoms with van der Waals surface area (Å²) in [5.41, 5.74) is 2.42. The van der Waals surface area contributed by atoms with Crippen molar-refractivity contribution in [3.05, 3.63) is 36.1 Å². The van der Waals surface area contributed by atoms with Crippen LogP contribution in [0.15, 0.2) is 41.1 Å². The fourth-order valence-corrected chi connectivity index (χ4v) is 0.875. The summed E-state index contributed by atoms with van der Waals surface area (Å²) in [6.07, 6.45) is 7.28. The monoisotopic (exact) mass is 205 g/mol. The van der Waals surface area contributed by atoms with Crippen LogP contribution in [0.5, 0.6) is 0 Å². The van der Waals surface area contributed by atoms with Crippen molar-refractivity contribution in [3.8, 4) is 0 Å². The first-order chi connectivity index (χ1) is 7.11. The lowest BCUT2D eigenvalue weighted by Crippen LogP contribution is -2.10. The standard InChI is InChI=1S/C12H19N3/c1-5-10(2)8-12(11(3)13)9-15-7-6-14-4/h5-6,8-9,13,15H,1,7H2,2-4H3/b10-8-,12-9-,13-11?,14-6+. The van der Waals surface area contributed by atoms with Crippen molar-refractivity contribution >= 4 is 11.9 Å². The molecular formula is C12H19N3. The third-order valence-corrected chi connectivity index (χ3v) is 1.79. The summed E-state index contributed by atoms with van der Waals surface area (Å²) in [4.78, 5) is 3.85. The topological polar surface area (TPSA) is 48.2 Å². The zero-order valence-electron chi connectivity index (χ0n) is 9.67. The quantitative estimate of drug-likeness (QED) is 0.390. The summed E-state index contributed by atoms with van der Waals surface area (Å²) in [6.45, 7) is 8.06. The Bertz CT molecular complexity index is 309. The average molecular weight is 205 g/mol. The summed E-state index contributed by atoms with van der Waals surface area (Å²) in [6, 6.07) is 0. The highest BCUT2D eigenvalue weighted by Gasteiger charge is 1.95. The Balaban J connectivity index is 4.52. The Kier molecular flexibility index (Phi) is 6.89. The zero-order chi connectivity index (χ0) is 11.7. The van der Waals surface area contributed by atoms with Crippen molar-refractivity contribution in [2.24, 2.45) is 4.99 Å². The van der Waals surface area contributed by atoms with Gasteiger partial charge in [-0.2, -0.15) is 0 Å². The van der Waals surface area contributed by atoms with Crippen molar-refractivity contribution < 1.29 is 0 Å². The van der Waals surface area contributed by atoms with E-state index in [1.807, 2.05) is 19.2 Å². The SMILES string of the molecule is C=C/C(C)=C\C(=C\NC/C=N/C)C(C)=N. The molecule has 0 aromatic carbocycles. The zero-order valence-corrected chi connectivity index (χ0v) is 9.67. The van der Waals surface area contributed by atoms with Gasteiger partial charge in [0.25, 0.3) is 0 Å².